The van der Waals surface area contributed by atoms with Gasteiger partial charge in [-0.1, -0.05) is 6.07 Å². The Bertz CT molecular complexity index is 655. The van der Waals surface area contributed by atoms with Crippen LogP contribution < -0.4 is 10.9 Å². The second kappa shape index (κ2) is 4.43. The lowest BCUT2D eigenvalue weighted by Crippen LogP contribution is -2.51. The van der Waals surface area contributed by atoms with Crippen molar-refractivity contribution in [2.45, 2.75) is 38.0 Å². The highest BCUT2D eigenvalue weighted by Gasteiger charge is 2.37. The van der Waals surface area contributed by atoms with Crippen molar-refractivity contribution >= 4 is 5.65 Å². The third-order valence-electron chi connectivity index (χ3n) is 3.57. The predicted molar refractivity (Wildman–Crippen MR) is 71.9 cm³/mol. The van der Waals surface area contributed by atoms with Gasteiger partial charge in [0.25, 0.3) is 5.56 Å². The summed E-state index contributed by atoms with van der Waals surface area (Å²) in [5, 5.41) is 13.0. The van der Waals surface area contributed by atoms with E-state index in [1.807, 2.05) is 25.1 Å². The van der Waals surface area contributed by atoms with Crippen molar-refractivity contribution in [3.63, 3.8) is 0 Å². The number of nitrogens with one attached hydrogen (secondary N) is 1. The van der Waals surface area contributed by atoms with Crippen LogP contribution in [0, 0.1) is 0 Å². The maximum absolute atomic E-state index is 11.9. The summed E-state index contributed by atoms with van der Waals surface area (Å²) in [5.41, 5.74) is 0.798. The van der Waals surface area contributed by atoms with Crippen molar-refractivity contribution in [3.05, 3.63) is 46.5 Å². The molecule has 3 rings (SSSR count). The third kappa shape index (κ3) is 2.52. The number of aliphatic hydroxyl groups is 1. The van der Waals surface area contributed by atoms with Crippen molar-refractivity contribution in [3.8, 4) is 0 Å². The Morgan fingerprint density at radius 1 is 1.53 bits per heavy atom. The Labute approximate surface area is 110 Å². The van der Waals surface area contributed by atoms with Gasteiger partial charge in [-0.25, -0.2) is 4.98 Å². The van der Waals surface area contributed by atoms with E-state index in [-0.39, 0.29) is 5.56 Å². The van der Waals surface area contributed by atoms with Gasteiger partial charge in [-0.2, -0.15) is 0 Å². The molecule has 2 aromatic rings. The SMILES string of the molecule is CC1(O)CC(NCc2cc(=O)n3ccccc3n2)C1. The predicted octanol–water partition coefficient (Wildman–Crippen LogP) is 0.697. The van der Waals surface area contributed by atoms with Crippen LogP contribution in [0.1, 0.15) is 25.5 Å². The number of rotatable bonds is 3. The molecule has 100 valence electrons. The molecule has 0 saturated heterocycles. The average Bonchev–Trinajstić information content (AvgIpc) is 2.34. The fraction of sp³-hybridized carbons (Fsp3) is 0.429. The number of aromatic nitrogens is 2. The van der Waals surface area contributed by atoms with Crippen LogP contribution in [0.2, 0.25) is 0 Å². The lowest BCUT2D eigenvalue weighted by Gasteiger charge is -2.41. The topological polar surface area (TPSA) is 66.6 Å². The standard InChI is InChI=1S/C14H17N3O2/c1-14(19)7-11(8-14)15-9-10-6-13(18)17-5-3-2-4-12(17)16-10/h2-6,11,15,19H,7-9H2,1H3. The van der Waals surface area contributed by atoms with Crippen LogP contribution in [0.3, 0.4) is 0 Å². The van der Waals surface area contributed by atoms with Gasteiger partial charge in [0.15, 0.2) is 0 Å². The Morgan fingerprint density at radius 2 is 2.32 bits per heavy atom. The molecule has 2 aromatic heterocycles. The molecule has 1 aliphatic rings. The molecule has 0 bridgehead atoms. The van der Waals surface area contributed by atoms with Gasteiger partial charge in [-0.15, -0.1) is 0 Å². The fourth-order valence-corrected chi connectivity index (χ4v) is 2.59. The summed E-state index contributed by atoms with van der Waals surface area (Å²) in [5.74, 6) is 0. The minimum Gasteiger partial charge on any atom is -0.390 e. The summed E-state index contributed by atoms with van der Waals surface area (Å²) < 4.78 is 1.53. The maximum Gasteiger partial charge on any atom is 0.258 e. The van der Waals surface area contributed by atoms with Crippen LogP contribution in [0.4, 0.5) is 0 Å². The highest BCUT2D eigenvalue weighted by atomic mass is 16.3. The smallest absolute Gasteiger partial charge is 0.258 e. The first-order chi connectivity index (χ1) is 9.03. The first-order valence-corrected chi connectivity index (χ1v) is 6.47. The summed E-state index contributed by atoms with van der Waals surface area (Å²) in [6.45, 7) is 2.40. The maximum atomic E-state index is 11.9. The molecule has 1 saturated carbocycles. The van der Waals surface area contributed by atoms with Gasteiger partial charge >= 0.3 is 0 Å². The highest BCUT2D eigenvalue weighted by molar-refractivity contribution is 5.37. The van der Waals surface area contributed by atoms with Gasteiger partial charge in [-0.05, 0) is 31.9 Å². The lowest BCUT2D eigenvalue weighted by molar-refractivity contribution is -0.0394. The van der Waals surface area contributed by atoms with E-state index in [0.29, 0.717) is 18.2 Å². The Hall–Kier alpha value is -1.72. The van der Waals surface area contributed by atoms with E-state index in [9.17, 15) is 9.90 Å². The summed E-state index contributed by atoms with van der Waals surface area (Å²) in [4.78, 5) is 16.3. The monoisotopic (exact) mass is 259 g/mol. The van der Waals surface area contributed by atoms with Crippen LogP contribution in [0.15, 0.2) is 35.3 Å². The van der Waals surface area contributed by atoms with Gasteiger partial charge in [0.2, 0.25) is 0 Å². The van der Waals surface area contributed by atoms with Gasteiger partial charge in [0, 0.05) is 24.8 Å². The van der Waals surface area contributed by atoms with Crippen LogP contribution in [-0.4, -0.2) is 26.1 Å². The van der Waals surface area contributed by atoms with Crippen molar-refractivity contribution in [2.24, 2.45) is 0 Å². The van der Waals surface area contributed by atoms with E-state index in [1.165, 1.54) is 4.40 Å². The Morgan fingerprint density at radius 3 is 3.05 bits per heavy atom. The first kappa shape index (κ1) is 12.3. The second-order valence-electron chi connectivity index (χ2n) is 5.50. The van der Waals surface area contributed by atoms with E-state index in [4.69, 9.17) is 0 Å². The number of hydrogen-bond donors (Lipinski definition) is 2. The zero-order chi connectivity index (χ0) is 13.5. The molecular weight excluding hydrogens is 242 g/mol. The quantitative estimate of drug-likeness (QED) is 0.851. The van der Waals surface area contributed by atoms with Crippen LogP contribution in [-0.2, 0) is 6.54 Å². The minimum atomic E-state index is -0.534. The van der Waals surface area contributed by atoms with Crippen molar-refractivity contribution < 1.29 is 5.11 Å². The Balaban J connectivity index is 1.73. The van der Waals surface area contributed by atoms with E-state index in [1.54, 1.807) is 12.3 Å². The van der Waals surface area contributed by atoms with Crippen LogP contribution >= 0.6 is 0 Å². The molecular formula is C14H17N3O2. The fourth-order valence-electron chi connectivity index (χ4n) is 2.59. The second-order valence-corrected chi connectivity index (χ2v) is 5.50. The molecule has 0 radical (unpaired) electrons. The molecule has 1 fully saturated rings. The third-order valence-corrected chi connectivity index (χ3v) is 3.57. The molecule has 0 amide bonds. The zero-order valence-electron chi connectivity index (χ0n) is 10.8. The molecule has 5 nitrogen and oxygen atoms in total. The van der Waals surface area contributed by atoms with Gasteiger partial charge in [0.1, 0.15) is 5.65 Å². The van der Waals surface area contributed by atoms with Crippen molar-refractivity contribution in [1.29, 1.82) is 0 Å². The van der Waals surface area contributed by atoms with Crippen molar-refractivity contribution in [2.75, 3.05) is 0 Å². The van der Waals surface area contributed by atoms with Gasteiger partial charge < -0.3 is 10.4 Å². The molecule has 5 heteroatoms. The average molecular weight is 259 g/mol. The van der Waals surface area contributed by atoms with E-state index >= 15 is 0 Å². The number of nitrogens with zero attached hydrogens (tertiary/aromatic N) is 2. The van der Waals surface area contributed by atoms with Gasteiger partial charge in [0.05, 0.1) is 11.3 Å². The van der Waals surface area contributed by atoms with E-state index < -0.39 is 5.60 Å². The number of fused-ring (bicyclic) bond motifs is 1. The largest absolute Gasteiger partial charge is 0.390 e. The minimum absolute atomic E-state index is 0.0667. The normalized spacial score (nSPS) is 26.3. The summed E-state index contributed by atoms with van der Waals surface area (Å²) in [6.07, 6.45) is 3.21. The summed E-state index contributed by atoms with van der Waals surface area (Å²) in [6, 6.07) is 7.36. The summed E-state index contributed by atoms with van der Waals surface area (Å²) in [7, 11) is 0. The molecule has 2 N–H and O–H groups in total. The molecule has 0 spiro atoms. The molecule has 0 atom stereocenters. The molecule has 1 aliphatic carbocycles. The molecule has 19 heavy (non-hydrogen) atoms. The first-order valence-electron chi connectivity index (χ1n) is 6.47. The van der Waals surface area contributed by atoms with E-state index in [0.717, 1.165) is 18.5 Å². The highest BCUT2D eigenvalue weighted by Crippen LogP contribution is 2.31. The van der Waals surface area contributed by atoms with Crippen molar-refractivity contribution in [1.82, 2.24) is 14.7 Å². The zero-order valence-corrected chi connectivity index (χ0v) is 10.8. The molecule has 0 aromatic carbocycles. The number of hydrogen-bond acceptors (Lipinski definition) is 4. The van der Waals surface area contributed by atoms with E-state index in [2.05, 4.69) is 10.3 Å². The summed E-state index contributed by atoms with van der Waals surface area (Å²) >= 11 is 0. The van der Waals surface area contributed by atoms with Crippen LogP contribution in [0.25, 0.3) is 5.65 Å². The lowest BCUT2D eigenvalue weighted by atomic mass is 9.77. The molecule has 0 unspecified atom stereocenters. The van der Waals surface area contributed by atoms with Gasteiger partial charge in [-0.3, -0.25) is 9.20 Å². The molecule has 0 aliphatic heterocycles. The van der Waals surface area contributed by atoms with Crippen LogP contribution in [0.5, 0.6) is 0 Å². The number of pyridine rings is 1. The molecule has 2 heterocycles. The Kier molecular flexibility index (Phi) is 2.88.